The van der Waals surface area contributed by atoms with E-state index < -0.39 is 0 Å². The van der Waals surface area contributed by atoms with Gasteiger partial charge in [-0.25, -0.2) is 4.39 Å². The fraction of sp³-hybridized carbons (Fsp3) is 0.250. The van der Waals surface area contributed by atoms with Gasteiger partial charge < -0.3 is 9.47 Å². The van der Waals surface area contributed by atoms with E-state index in [9.17, 15) is 4.39 Å². The van der Waals surface area contributed by atoms with Crippen molar-refractivity contribution < 1.29 is 13.9 Å². The van der Waals surface area contributed by atoms with Gasteiger partial charge in [-0.3, -0.25) is 0 Å². The first-order chi connectivity index (χ1) is 9.19. The molecule has 3 heteroatoms. The Balaban J connectivity index is 2.12. The van der Waals surface area contributed by atoms with Crippen LogP contribution in [0.3, 0.4) is 0 Å². The van der Waals surface area contributed by atoms with Gasteiger partial charge in [0.2, 0.25) is 0 Å². The Hall–Kier alpha value is -2.03. The molecule has 0 spiro atoms. The smallest absolute Gasteiger partial charge is 0.165 e. The molecule has 1 atom stereocenters. The van der Waals surface area contributed by atoms with Crippen molar-refractivity contribution in [1.82, 2.24) is 0 Å². The van der Waals surface area contributed by atoms with E-state index in [4.69, 9.17) is 9.47 Å². The fourth-order valence-electron chi connectivity index (χ4n) is 2.53. The Bertz CT molecular complexity index is 622. The summed E-state index contributed by atoms with van der Waals surface area (Å²) in [4.78, 5) is 0. The molecular formula is C16H15FO2. The van der Waals surface area contributed by atoms with Crippen molar-refractivity contribution in [2.24, 2.45) is 0 Å². The summed E-state index contributed by atoms with van der Waals surface area (Å²) in [6, 6.07) is 11.1. The number of hydrogen-bond donors (Lipinski definition) is 0. The van der Waals surface area contributed by atoms with Gasteiger partial charge in [0.05, 0.1) is 7.11 Å². The van der Waals surface area contributed by atoms with E-state index in [2.05, 4.69) is 0 Å². The molecule has 2 aromatic carbocycles. The molecule has 0 fully saturated rings. The zero-order valence-electron chi connectivity index (χ0n) is 10.9. The quantitative estimate of drug-likeness (QED) is 0.815. The van der Waals surface area contributed by atoms with Crippen molar-refractivity contribution in [3.8, 4) is 22.6 Å². The van der Waals surface area contributed by atoms with Crippen LogP contribution in [0.25, 0.3) is 11.1 Å². The number of methoxy groups -OCH3 is 1. The van der Waals surface area contributed by atoms with Gasteiger partial charge in [-0.15, -0.1) is 0 Å². The molecule has 98 valence electrons. The molecule has 0 saturated heterocycles. The van der Waals surface area contributed by atoms with Crippen LogP contribution in [0.2, 0.25) is 0 Å². The number of rotatable bonds is 2. The summed E-state index contributed by atoms with van der Waals surface area (Å²) in [5.74, 6) is 0.836. The van der Waals surface area contributed by atoms with E-state index in [1.807, 2.05) is 37.3 Å². The average Bonchev–Trinajstić information content (AvgIpc) is 2.79. The van der Waals surface area contributed by atoms with Gasteiger partial charge in [-0.1, -0.05) is 18.2 Å². The third-order valence-corrected chi connectivity index (χ3v) is 3.36. The maximum atomic E-state index is 14.1. The average molecular weight is 258 g/mol. The number of ether oxygens (including phenoxy) is 2. The van der Waals surface area contributed by atoms with E-state index in [1.165, 1.54) is 6.07 Å². The Morgan fingerprint density at radius 3 is 2.84 bits per heavy atom. The normalized spacial score (nSPS) is 16.9. The van der Waals surface area contributed by atoms with Crippen LogP contribution in [0.15, 0.2) is 36.4 Å². The van der Waals surface area contributed by atoms with Crippen molar-refractivity contribution in [2.45, 2.75) is 19.4 Å². The third-order valence-electron chi connectivity index (χ3n) is 3.36. The highest BCUT2D eigenvalue weighted by Gasteiger charge is 2.24. The maximum Gasteiger partial charge on any atom is 0.165 e. The molecule has 1 unspecified atom stereocenters. The van der Waals surface area contributed by atoms with Crippen LogP contribution in [0.1, 0.15) is 12.5 Å². The summed E-state index contributed by atoms with van der Waals surface area (Å²) in [5, 5.41) is 0. The van der Waals surface area contributed by atoms with Gasteiger partial charge in [-0.05, 0) is 30.7 Å². The standard InChI is InChI=1S/C16H15FO2/c1-10-7-12-8-11(9-14(17)16(12)19-10)13-5-3-4-6-15(13)18-2/h3-6,8-10H,7H2,1-2H3. The molecule has 0 bridgehead atoms. The Morgan fingerprint density at radius 2 is 2.05 bits per heavy atom. The summed E-state index contributed by atoms with van der Waals surface area (Å²) >= 11 is 0. The highest BCUT2D eigenvalue weighted by molar-refractivity contribution is 5.72. The van der Waals surface area contributed by atoms with E-state index in [-0.39, 0.29) is 11.9 Å². The first kappa shape index (κ1) is 12.0. The molecule has 0 aliphatic carbocycles. The summed E-state index contributed by atoms with van der Waals surface area (Å²) in [7, 11) is 1.62. The minimum absolute atomic E-state index is 0.0393. The molecule has 1 aliphatic heterocycles. The molecule has 0 saturated carbocycles. The molecule has 1 heterocycles. The monoisotopic (exact) mass is 258 g/mol. The van der Waals surface area contributed by atoms with E-state index >= 15 is 0 Å². The maximum absolute atomic E-state index is 14.1. The lowest BCUT2D eigenvalue weighted by molar-refractivity contribution is 0.245. The molecule has 19 heavy (non-hydrogen) atoms. The number of benzene rings is 2. The van der Waals surface area contributed by atoms with Crippen LogP contribution in [0, 0.1) is 5.82 Å². The summed E-state index contributed by atoms with van der Waals surface area (Å²) in [6.07, 6.45) is 0.785. The lowest BCUT2D eigenvalue weighted by atomic mass is 10.00. The van der Waals surface area contributed by atoms with Crippen LogP contribution in [-0.2, 0) is 6.42 Å². The number of fused-ring (bicyclic) bond motifs is 1. The molecule has 0 radical (unpaired) electrons. The first-order valence-electron chi connectivity index (χ1n) is 6.31. The van der Waals surface area contributed by atoms with Crippen molar-refractivity contribution in [2.75, 3.05) is 7.11 Å². The SMILES string of the molecule is COc1ccccc1-c1cc(F)c2c(c1)CC(C)O2. The Kier molecular flexibility index (Phi) is 2.90. The molecule has 2 aromatic rings. The highest BCUT2D eigenvalue weighted by atomic mass is 19.1. The largest absolute Gasteiger partial charge is 0.496 e. The zero-order chi connectivity index (χ0) is 13.4. The lowest BCUT2D eigenvalue weighted by Gasteiger charge is -2.10. The molecular weight excluding hydrogens is 243 g/mol. The topological polar surface area (TPSA) is 18.5 Å². The van der Waals surface area contributed by atoms with Crippen LogP contribution < -0.4 is 9.47 Å². The van der Waals surface area contributed by atoms with Gasteiger partial charge in [-0.2, -0.15) is 0 Å². The Morgan fingerprint density at radius 1 is 1.26 bits per heavy atom. The molecule has 0 aromatic heterocycles. The van der Waals surface area contributed by atoms with Gasteiger partial charge >= 0.3 is 0 Å². The van der Waals surface area contributed by atoms with Gasteiger partial charge in [0.15, 0.2) is 11.6 Å². The van der Waals surface area contributed by atoms with Crippen LogP contribution in [-0.4, -0.2) is 13.2 Å². The van der Waals surface area contributed by atoms with Crippen molar-refractivity contribution >= 4 is 0 Å². The second-order valence-electron chi connectivity index (χ2n) is 4.78. The van der Waals surface area contributed by atoms with Gasteiger partial charge in [0, 0.05) is 17.5 Å². The van der Waals surface area contributed by atoms with Crippen LogP contribution >= 0.6 is 0 Å². The number of halogens is 1. The van der Waals surface area contributed by atoms with E-state index in [0.717, 1.165) is 28.9 Å². The second kappa shape index (κ2) is 4.57. The fourth-order valence-corrected chi connectivity index (χ4v) is 2.53. The van der Waals surface area contributed by atoms with Gasteiger partial charge in [0.1, 0.15) is 11.9 Å². The summed E-state index contributed by atoms with van der Waals surface area (Å²) < 4.78 is 24.9. The minimum atomic E-state index is -0.303. The van der Waals surface area contributed by atoms with Crippen molar-refractivity contribution in [1.29, 1.82) is 0 Å². The second-order valence-corrected chi connectivity index (χ2v) is 4.78. The first-order valence-corrected chi connectivity index (χ1v) is 6.31. The van der Waals surface area contributed by atoms with Crippen LogP contribution in [0.4, 0.5) is 4.39 Å². The predicted molar refractivity (Wildman–Crippen MR) is 72.2 cm³/mol. The van der Waals surface area contributed by atoms with Crippen molar-refractivity contribution in [3.63, 3.8) is 0 Å². The highest BCUT2D eigenvalue weighted by Crippen LogP contribution is 2.38. The summed E-state index contributed by atoms with van der Waals surface area (Å²) in [6.45, 7) is 1.95. The molecule has 0 amide bonds. The van der Waals surface area contributed by atoms with E-state index in [0.29, 0.717) is 5.75 Å². The number of hydrogen-bond acceptors (Lipinski definition) is 2. The zero-order valence-corrected chi connectivity index (χ0v) is 10.9. The molecule has 1 aliphatic rings. The molecule has 3 rings (SSSR count). The minimum Gasteiger partial charge on any atom is -0.496 e. The number of para-hydroxylation sites is 1. The van der Waals surface area contributed by atoms with Crippen LogP contribution in [0.5, 0.6) is 11.5 Å². The Labute approximate surface area is 111 Å². The third kappa shape index (κ3) is 2.05. The van der Waals surface area contributed by atoms with Gasteiger partial charge in [0.25, 0.3) is 0 Å². The lowest BCUT2D eigenvalue weighted by Crippen LogP contribution is -2.05. The molecule has 2 nitrogen and oxygen atoms in total. The predicted octanol–water partition coefficient (Wildman–Crippen LogP) is 3.82. The van der Waals surface area contributed by atoms with Crippen molar-refractivity contribution in [3.05, 3.63) is 47.8 Å². The molecule has 0 N–H and O–H groups in total. The van der Waals surface area contributed by atoms with E-state index in [1.54, 1.807) is 7.11 Å². The summed E-state index contributed by atoms with van der Waals surface area (Å²) in [5.41, 5.74) is 2.64.